The summed E-state index contributed by atoms with van der Waals surface area (Å²) in [6.07, 6.45) is 2.44. The molecular formula is C17H28N2O2. The van der Waals surface area contributed by atoms with Crippen molar-refractivity contribution in [2.24, 2.45) is 0 Å². The van der Waals surface area contributed by atoms with Crippen LogP contribution in [0.25, 0.3) is 0 Å². The lowest BCUT2D eigenvalue weighted by molar-refractivity contribution is 0.0873. The Morgan fingerprint density at radius 1 is 1.38 bits per heavy atom. The summed E-state index contributed by atoms with van der Waals surface area (Å²) in [4.78, 5) is 2.39. The third-order valence-electron chi connectivity index (χ3n) is 4.37. The zero-order chi connectivity index (χ0) is 15.1. The SMILES string of the molecule is CCCNC(CO)(CN1CCC(OC)C1)c1ccccc1. The average molecular weight is 292 g/mol. The molecule has 0 spiro atoms. The molecule has 4 heteroatoms. The van der Waals surface area contributed by atoms with Gasteiger partial charge in [0, 0.05) is 26.7 Å². The van der Waals surface area contributed by atoms with Gasteiger partial charge in [-0.15, -0.1) is 0 Å². The first kappa shape index (κ1) is 16.4. The number of benzene rings is 1. The van der Waals surface area contributed by atoms with E-state index in [4.69, 9.17) is 4.74 Å². The summed E-state index contributed by atoms with van der Waals surface area (Å²) in [5.41, 5.74) is 0.765. The van der Waals surface area contributed by atoms with Crippen LogP contribution in [0.1, 0.15) is 25.3 Å². The third-order valence-corrected chi connectivity index (χ3v) is 4.37. The predicted molar refractivity (Wildman–Crippen MR) is 85.4 cm³/mol. The van der Waals surface area contributed by atoms with Crippen LogP contribution in [0.15, 0.2) is 30.3 Å². The Morgan fingerprint density at radius 3 is 2.71 bits per heavy atom. The summed E-state index contributed by atoms with van der Waals surface area (Å²) in [6, 6.07) is 10.3. The first-order valence-electron chi connectivity index (χ1n) is 7.90. The number of rotatable bonds is 8. The molecule has 0 bridgehead atoms. The van der Waals surface area contributed by atoms with Crippen LogP contribution in [-0.4, -0.2) is 56.0 Å². The quantitative estimate of drug-likeness (QED) is 0.764. The topological polar surface area (TPSA) is 44.7 Å². The van der Waals surface area contributed by atoms with Crippen molar-refractivity contribution in [1.29, 1.82) is 0 Å². The van der Waals surface area contributed by atoms with E-state index in [1.165, 1.54) is 0 Å². The number of hydrogen-bond donors (Lipinski definition) is 2. The van der Waals surface area contributed by atoms with Crippen LogP contribution in [0.4, 0.5) is 0 Å². The van der Waals surface area contributed by atoms with E-state index in [1.54, 1.807) is 7.11 Å². The Kier molecular flexibility index (Phi) is 6.18. The molecule has 0 aromatic heterocycles. The number of nitrogens with one attached hydrogen (secondary N) is 1. The van der Waals surface area contributed by atoms with Gasteiger partial charge in [0.05, 0.1) is 18.2 Å². The molecule has 2 N–H and O–H groups in total. The van der Waals surface area contributed by atoms with Gasteiger partial charge in [0.1, 0.15) is 0 Å². The van der Waals surface area contributed by atoms with E-state index in [1.807, 2.05) is 18.2 Å². The summed E-state index contributed by atoms with van der Waals surface area (Å²) in [5.74, 6) is 0. The minimum atomic E-state index is -0.389. The third kappa shape index (κ3) is 4.04. The second-order valence-corrected chi connectivity index (χ2v) is 5.91. The predicted octanol–water partition coefficient (Wildman–Crippen LogP) is 1.59. The van der Waals surface area contributed by atoms with E-state index in [-0.39, 0.29) is 12.1 Å². The second-order valence-electron chi connectivity index (χ2n) is 5.91. The molecule has 0 radical (unpaired) electrons. The highest BCUT2D eigenvalue weighted by Gasteiger charge is 2.35. The summed E-state index contributed by atoms with van der Waals surface area (Å²) in [6.45, 7) is 5.94. The first-order valence-corrected chi connectivity index (χ1v) is 7.90. The fraction of sp³-hybridized carbons (Fsp3) is 0.647. The lowest BCUT2D eigenvalue weighted by Crippen LogP contribution is -2.53. The summed E-state index contributed by atoms with van der Waals surface area (Å²) in [5, 5.41) is 13.7. The van der Waals surface area contributed by atoms with Crippen LogP contribution in [-0.2, 0) is 10.3 Å². The zero-order valence-corrected chi connectivity index (χ0v) is 13.2. The fourth-order valence-corrected chi connectivity index (χ4v) is 3.08. The Labute approximate surface area is 128 Å². The molecule has 4 nitrogen and oxygen atoms in total. The Balaban J connectivity index is 2.15. The van der Waals surface area contributed by atoms with Gasteiger partial charge in [0.25, 0.3) is 0 Å². The minimum absolute atomic E-state index is 0.102. The van der Waals surface area contributed by atoms with Crippen LogP contribution >= 0.6 is 0 Å². The second kappa shape index (κ2) is 7.90. The lowest BCUT2D eigenvalue weighted by atomic mass is 9.89. The minimum Gasteiger partial charge on any atom is -0.394 e. The van der Waals surface area contributed by atoms with Crippen LogP contribution in [0.3, 0.4) is 0 Å². The monoisotopic (exact) mass is 292 g/mol. The van der Waals surface area contributed by atoms with Gasteiger partial charge in [-0.1, -0.05) is 37.3 Å². The van der Waals surface area contributed by atoms with Gasteiger partial charge < -0.3 is 15.2 Å². The number of nitrogens with zero attached hydrogens (tertiary/aromatic N) is 1. The first-order chi connectivity index (χ1) is 10.2. The molecule has 1 aliphatic heterocycles. The molecule has 0 amide bonds. The summed E-state index contributed by atoms with van der Waals surface area (Å²) in [7, 11) is 1.78. The highest BCUT2D eigenvalue weighted by atomic mass is 16.5. The Bertz CT molecular complexity index is 413. The van der Waals surface area contributed by atoms with Gasteiger partial charge in [-0.05, 0) is 24.9 Å². The molecule has 0 saturated carbocycles. The molecule has 0 aliphatic carbocycles. The highest BCUT2D eigenvalue weighted by Crippen LogP contribution is 2.25. The maximum absolute atomic E-state index is 10.1. The van der Waals surface area contributed by atoms with Gasteiger partial charge in [-0.25, -0.2) is 0 Å². The molecule has 1 fully saturated rings. The van der Waals surface area contributed by atoms with Gasteiger partial charge >= 0.3 is 0 Å². The van der Waals surface area contributed by atoms with Crippen LogP contribution < -0.4 is 5.32 Å². The van der Waals surface area contributed by atoms with Crippen LogP contribution in [0.5, 0.6) is 0 Å². The lowest BCUT2D eigenvalue weighted by Gasteiger charge is -2.37. The molecule has 1 aromatic carbocycles. The van der Waals surface area contributed by atoms with Crippen molar-refractivity contribution >= 4 is 0 Å². The van der Waals surface area contributed by atoms with Crippen molar-refractivity contribution in [2.75, 3.05) is 39.9 Å². The molecular weight excluding hydrogens is 264 g/mol. The van der Waals surface area contributed by atoms with Gasteiger partial charge in [0.2, 0.25) is 0 Å². The number of aliphatic hydroxyl groups is 1. The van der Waals surface area contributed by atoms with Gasteiger partial charge in [-0.3, -0.25) is 4.90 Å². The molecule has 1 aliphatic rings. The van der Waals surface area contributed by atoms with Gasteiger partial charge in [-0.2, -0.15) is 0 Å². The number of likely N-dealkylation sites (tertiary alicyclic amines) is 1. The van der Waals surface area contributed by atoms with E-state index >= 15 is 0 Å². The van der Waals surface area contributed by atoms with E-state index in [0.717, 1.165) is 44.6 Å². The van der Waals surface area contributed by atoms with Crippen molar-refractivity contribution in [3.63, 3.8) is 0 Å². The van der Waals surface area contributed by atoms with Crippen molar-refractivity contribution < 1.29 is 9.84 Å². The molecule has 1 saturated heterocycles. The fourth-order valence-electron chi connectivity index (χ4n) is 3.08. The molecule has 2 unspecified atom stereocenters. The average Bonchev–Trinajstić information content (AvgIpc) is 3.00. The maximum Gasteiger partial charge on any atom is 0.0797 e. The molecule has 1 heterocycles. The highest BCUT2D eigenvalue weighted by molar-refractivity contribution is 5.25. The van der Waals surface area contributed by atoms with Crippen molar-refractivity contribution in [1.82, 2.24) is 10.2 Å². The maximum atomic E-state index is 10.1. The molecule has 1 aromatic rings. The van der Waals surface area contributed by atoms with E-state index < -0.39 is 0 Å². The summed E-state index contributed by atoms with van der Waals surface area (Å²) < 4.78 is 5.45. The van der Waals surface area contributed by atoms with Crippen LogP contribution in [0, 0.1) is 0 Å². The van der Waals surface area contributed by atoms with Crippen molar-refractivity contribution in [2.45, 2.75) is 31.4 Å². The molecule has 2 rings (SSSR count). The van der Waals surface area contributed by atoms with Crippen LogP contribution in [0.2, 0.25) is 0 Å². The normalized spacial score (nSPS) is 22.3. The number of ether oxygens (including phenoxy) is 1. The molecule has 2 atom stereocenters. The number of aliphatic hydroxyl groups excluding tert-OH is 1. The standard InChI is InChI=1S/C17H28N2O2/c1-3-10-18-17(14-20,15-7-5-4-6-8-15)13-19-11-9-16(12-19)21-2/h4-8,16,18,20H,3,9-14H2,1-2H3. The summed E-state index contributed by atoms with van der Waals surface area (Å²) >= 11 is 0. The number of hydrogen-bond acceptors (Lipinski definition) is 4. The smallest absolute Gasteiger partial charge is 0.0797 e. The van der Waals surface area contributed by atoms with E-state index in [0.29, 0.717) is 6.10 Å². The molecule has 118 valence electrons. The largest absolute Gasteiger partial charge is 0.394 e. The molecule has 21 heavy (non-hydrogen) atoms. The van der Waals surface area contributed by atoms with E-state index in [9.17, 15) is 5.11 Å². The van der Waals surface area contributed by atoms with E-state index in [2.05, 4.69) is 29.3 Å². The number of methoxy groups -OCH3 is 1. The Hall–Kier alpha value is -0.940. The Morgan fingerprint density at radius 2 is 2.14 bits per heavy atom. The van der Waals surface area contributed by atoms with Gasteiger partial charge in [0.15, 0.2) is 0 Å². The zero-order valence-electron chi connectivity index (χ0n) is 13.2. The van der Waals surface area contributed by atoms with Crippen molar-refractivity contribution in [3.8, 4) is 0 Å². The van der Waals surface area contributed by atoms with Crippen molar-refractivity contribution in [3.05, 3.63) is 35.9 Å².